The molecule has 4 rings (SSSR count). The number of amides is 1. The zero-order chi connectivity index (χ0) is 19.7. The van der Waals surface area contributed by atoms with Gasteiger partial charge in [0.1, 0.15) is 17.2 Å². The molecule has 4 aromatic rings. The van der Waals surface area contributed by atoms with Crippen LogP contribution < -0.4 is 14.8 Å². The molecule has 1 amide bonds. The third-order valence-corrected chi connectivity index (χ3v) is 5.16. The van der Waals surface area contributed by atoms with Gasteiger partial charge in [-0.2, -0.15) is 0 Å². The molecule has 4 N–H and O–H groups in total. The van der Waals surface area contributed by atoms with Gasteiger partial charge < -0.3 is 19.9 Å². The largest absolute Gasteiger partial charge is 0.496 e. The van der Waals surface area contributed by atoms with E-state index in [1.165, 1.54) is 11.3 Å². The summed E-state index contributed by atoms with van der Waals surface area (Å²) in [5.41, 5.74) is 3.88. The smallest absolute Gasteiger partial charge is 0.273 e. The number of carbonyl (C=O) groups is 1. The molecule has 0 aliphatic carbocycles. The van der Waals surface area contributed by atoms with E-state index >= 15 is 0 Å². The first-order valence-electron chi connectivity index (χ1n) is 8.66. The summed E-state index contributed by atoms with van der Waals surface area (Å²) in [4.78, 5) is 20.3. The van der Waals surface area contributed by atoms with Crippen LogP contribution in [-0.2, 0) is 0 Å². The normalized spacial score (nSPS) is 10.4. The Balaban J connectivity index is 0.00000240. The van der Waals surface area contributed by atoms with Gasteiger partial charge in [-0.3, -0.25) is 10.1 Å². The number of carbonyl (C=O) groups excluding carboxylic acids is 1. The molecule has 29 heavy (non-hydrogen) atoms. The minimum atomic E-state index is -0.236. The lowest BCUT2D eigenvalue weighted by atomic mass is 10.1. The number of nitrogens with zero attached hydrogens (tertiary/aromatic N) is 1. The highest BCUT2D eigenvalue weighted by Crippen LogP contribution is 2.40. The number of benzene rings is 2. The molecular weight excluding hydrogens is 390 g/mol. The number of aryl methyl sites for hydroxylation is 1. The monoisotopic (exact) mass is 411 g/mol. The van der Waals surface area contributed by atoms with Gasteiger partial charge >= 0.3 is 0 Å². The summed E-state index contributed by atoms with van der Waals surface area (Å²) >= 11 is 1.35. The number of methoxy groups -OCH3 is 2. The fourth-order valence-electron chi connectivity index (χ4n) is 3.10. The van der Waals surface area contributed by atoms with Crippen LogP contribution in [-0.4, -0.2) is 35.6 Å². The van der Waals surface area contributed by atoms with Gasteiger partial charge in [0, 0.05) is 16.3 Å². The zero-order valence-electron chi connectivity index (χ0n) is 16.2. The molecule has 0 spiro atoms. The number of fused-ring (bicyclic) bond motifs is 1. The second-order valence-electron chi connectivity index (χ2n) is 6.31. The molecule has 7 nitrogen and oxygen atoms in total. The highest BCUT2D eigenvalue weighted by Gasteiger charge is 2.18. The molecule has 0 bridgehead atoms. The van der Waals surface area contributed by atoms with Crippen LogP contribution in [0.3, 0.4) is 0 Å². The molecule has 0 radical (unpaired) electrons. The molecule has 0 saturated heterocycles. The number of ether oxygens (including phenoxy) is 2. The first kappa shape index (κ1) is 20.4. The Kier molecular flexibility index (Phi) is 5.86. The Labute approximate surface area is 171 Å². The summed E-state index contributed by atoms with van der Waals surface area (Å²) in [7, 11) is 3.23. The Morgan fingerprint density at radius 1 is 1.10 bits per heavy atom. The fourth-order valence-corrected chi connectivity index (χ4v) is 3.80. The molecule has 0 aliphatic rings. The summed E-state index contributed by atoms with van der Waals surface area (Å²) in [5, 5.41) is 6.21. The second kappa shape index (κ2) is 8.34. The maximum absolute atomic E-state index is 12.6. The van der Waals surface area contributed by atoms with Crippen molar-refractivity contribution in [3.05, 3.63) is 59.1 Å². The van der Waals surface area contributed by atoms with Crippen LogP contribution in [0.2, 0.25) is 0 Å². The number of rotatable bonds is 5. The Morgan fingerprint density at radius 3 is 2.45 bits per heavy atom. The van der Waals surface area contributed by atoms with Crippen molar-refractivity contribution in [2.75, 3.05) is 19.5 Å². The lowest BCUT2D eigenvalue weighted by Crippen LogP contribution is -2.11. The minimum Gasteiger partial charge on any atom is -0.496 e. The van der Waals surface area contributed by atoms with E-state index < -0.39 is 0 Å². The van der Waals surface area contributed by atoms with Crippen LogP contribution in [0.25, 0.3) is 22.2 Å². The number of para-hydroxylation sites is 1. The quantitative estimate of drug-likeness (QED) is 0.516. The van der Waals surface area contributed by atoms with Crippen molar-refractivity contribution < 1.29 is 19.7 Å². The van der Waals surface area contributed by atoms with Crippen LogP contribution in [0.5, 0.6) is 11.5 Å². The van der Waals surface area contributed by atoms with Gasteiger partial charge in [0.25, 0.3) is 5.91 Å². The Bertz CT molecular complexity index is 1110. The molecule has 0 unspecified atom stereocenters. The van der Waals surface area contributed by atoms with Crippen LogP contribution in [0.15, 0.2) is 47.8 Å². The number of hydrogen-bond donors (Lipinski definition) is 2. The van der Waals surface area contributed by atoms with Crippen LogP contribution >= 0.6 is 11.3 Å². The number of H-pyrrole nitrogens is 1. The molecule has 0 atom stereocenters. The Hall–Kier alpha value is -3.36. The van der Waals surface area contributed by atoms with Gasteiger partial charge in [0.15, 0.2) is 5.13 Å². The number of thiazole rings is 1. The minimum absolute atomic E-state index is 0. The molecule has 150 valence electrons. The average molecular weight is 411 g/mol. The summed E-state index contributed by atoms with van der Waals surface area (Å²) in [5.74, 6) is 1.12. The maximum Gasteiger partial charge on any atom is 0.273 e. The van der Waals surface area contributed by atoms with Gasteiger partial charge in [-0.05, 0) is 36.8 Å². The van der Waals surface area contributed by atoms with E-state index in [2.05, 4.69) is 15.3 Å². The number of nitrogens with one attached hydrogen (secondary N) is 2. The summed E-state index contributed by atoms with van der Waals surface area (Å²) < 4.78 is 11.0. The van der Waals surface area contributed by atoms with Crippen LogP contribution in [0, 0.1) is 6.92 Å². The highest BCUT2D eigenvalue weighted by atomic mass is 32.1. The molecule has 0 fully saturated rings. The lowest BCUT2D eigenvalue weighted by Gasteiger charge is -2.12. The average Bonchev–Trinajstić information content (AvgIpc) is 3.33. The van der Waals surface area contributed by atoms with Crippen molar-refractivity contribution in [2.45, 2.75) is 6.92 Å². The van der Waals surface area contributed by atoms with Gasteiger partial charge in [0.2, 0.25) is 0 Å². The van der Waals surface area contributed by atoms with Gasteiger partial charge in [0.05, 0.1) is 25.5 Å². The van der Waals surface area contributed by atoms with Crippen molar-refractivity contribution in [1.82, 2.24) is 9.97 Å². The lowest BCUT2D eigenvalue weighted by molar-refractivity contribution is 0.102. The van der Waals surface area contributed by atoms with Crippen LogP contribution in [0.1, 0.15) is 16.1 Å². The molecule has 8 heteroatoms. The van der Waals surface area contributed by atoms with Crippen molar-refractivity contribution in [1.29, 1.82) is 0 Å². The van der Waals surface area contributed by atoms with Crippen molar-refractivity contribution in [2.24, 2.45) is 0 Å². The first-order valence-corrected chi connectivity index (χ1v) is 9.54. The molecule has 2 aromatic heterocycles. The third kappa shape index (κ3) is 3.94. The second-order valence-corrected chi connectivity index (χ2v) is 7.16. The van der Waals surface area contributed by atoms with Crippen molar-refractivity contribution >= 4 is 33.3 Å². The van der Waals surface area contributed by atoms with E-state index in [9.17, 15) is 4.79 Å². The van der Waals surface area contributed by atoms with E-state index in [1.807, 2.05) is 54.8 Å². The van der Waals surface area contributed by atoms with E-state index in [4.69, 9.17) is 9.47 Å². The summed E-state index contributed by atoms with van der Waals surface area (Å²) in [6, 6.07) is 13.4. The van der Waals surface area contributed by atoms with E-state index in [0.29, 0.717) is 28.0 Å². The topological polar surface area (TPSA) is 108 Å². The number of aromatic amines is 1. The van der Waals surface area contributed by atoms with Gasteiger partial charge in [-0.15, -0.1) is 11.3 Å². The molecule has 2 heterocycles. The van der Waals surface area contributed by atoms with E-state index in [-0.39, 0.29) is 11.4 Å². The molecule has 0 aliphatic heterocycles. The van der Waals surface area contributed by atoms with Crippen molar-refractivity contribution in [3.8, 4) is 22.8 Å². The Morgan fingerprint density at radius 2 is 1.79 bits per heavy atom. The van der Waals surface area contributed by atoms with Gasteiger partial charge in [-0.1, -0.05) is 18.2 Å². The first-order chi connectivity index (χ1) is 13.6. The third-order valence-electron chi connectivity index (χ3n) is 4.41. The van der Waals surface area contributed by atoms with E-state index in [0.717, 1.165) is 22.0 Å². The SMILES string of the molecule is COc1cc(C)cc(OC)c1-c1csc(NC(=O)c2cc3ccccc3[nH]2)n1.O. The predicted molar refractivity (Wildman–Crippen MR) is 115 cm³/mol. The number of anilines is 1. The van der Waals surface area contributed by atoms with E-state index in [1.54, 1.807) is 14.2 Å². The van der Waals surface area contributed by atoms with Gasteiger partial charge in [-0.25, -0.2) is 4.98 Å². The zero-order valence-corrected chi connectivity index (χ0v) is 17.0. The summed E-state index contributed by atoms with van der Waals surface area (Å²) in [6.07, 6.45) is 0. The molecule has 2 aromatic carbocycles. The summed E-state index contributed by atoms with van der Waals surface area (Å²) in [6.45, 7) is 1.97. The maximum atomic E-state index is 12.6. The van der Waals surface area contributed by atoms with Crippen molar-refractivity contribution in [3.63, 3.8) is 0 Å². The van der Waals surface area contributed by atoms with Crippen LogP contribution in [0.4, 0.5) is 5.13 Å². The fraction of sp³-hybridized carbons (Fsp3) is 0.143. The molecule has 0 saturated carbocycles. The number of hydrogen-bond acceptors (Lipinski definition) is 5. The highest BCUT2D eigenvalue weighted by molar-refractivity contribution is 7.14. The standard InChI is InChI=1S/C21H19N3O3S.H2O/c1-12-8-17(26-2)19(18(9-12)27-3)16-11-28-21(23-16)24-20(25)15-10-13-6-4-5-7-14(13)22-15;/h4-11,22H,1-3H3,(H,23,24,25);1H2. The molecular formula is C21H21N3O4S. The predicted octanol–water partition coefficient (Wildman–Crippen LogP) is 4.04. The number of aromatic nitrogens is 2.